The summed E-state index contributed by atoms with van der Waals surface area (Å²) in [5.41, 5.74) is 0. The van der Waals surface area contributed by atoms with Gasteiger partial charge in [-0.2, -0.15) is 13.2 Å². The van der Waals surface area contributed by atoms with E-state index in [0.717, 1.165) is 0 Å². The van der Waals surface area contributed by atoms with Crippen LogP contribution in [0.15, 0.2) is 0 Å². The predicted molar refractivity (Wildman–Crippen MR) is 17.6 cm³/mol. The van der Waals surface area contributed by atoms with E-state index in [1.807, 2.05) is 0 Å². The van der Waals surface area contributed by atoms with E-state index in [-0.39, 0.29) is 0 Å². The molecule has 0 bridgehead atoms. The number of hydrogen-bond donors (Lipinski definition) is 0. The quantitative estimate of drug-likeness (QED) is 0.510. The third-order valence-corrected chi connectivity index (χ3v) is 0.349. The highest BCUT2D eigenvalue weighted by atomic mass is 19.4. The Morgan fingerprint density at radius 3 is 2.00 bits per heavy atom. The molecular weight excluding hydrogens is 125 g/mol. The maximum absolute atomic E-state index is 11.0. The summed E-state index contributed by atoms with van der Waals surface area (Å²) in [6.07, 6.45) is -4.37. The number of rotatable bonds is 2. The number of halogens is 3. The molecule has 0 aromatic rings. The van der Waals surface area contributed by atoms with Gasteiger partial charge in [-0.3, -0.25) is 0 Å². The van der Waals surface area contributed by atoms with Crippen LogP contribution in [0.1, 0.15) is 0 Å². The van der Waals surface area contributed by atoms with Crippen LogP contribution in [-0.2, 0) is 9.84 Å². The van der Waals surface area contributed by atoms with Gasteiger partial charge in [0.15, 0.2) is 6.79 Å². The zero-order valence-corrected chi connectivity index (χ0v) is 3.86. The molecule has 49 valence electrons. The Balaban J connectivity index is 3.11. The molecule has 0 amide bonds. The molecule has 0 fully saturated rings. The largest absolute Gasteiger partial charge is 0.411 e. The third kappa shape index (κ3) is 5.71. The van der Waals surface area contributed by atoms with E-state index in [2.05, 4.69) is 4.74 Å². The minimum absolute atomic E-state index is 1.14. The van der Waals surface area contributed by atoms with Crippen LogP contribution in [0, 0.1) is 0 Å². The average molecular weight is 129 g/mol. The van der Waals surface area contributed by atoms with Gasteiger partial charge in [-0.25, -0.2) is 5.11 Å². The highest BCUT2D eigenvalue weighted by Crippen LogP contribution is 2.13. The molecule has 0 aromatic heterocycles. The monoisotopic (exact) mass is 129 g/mol. The molecule has 0 aliphatic rings. The Bertz CT molecular complexity index is 60.0. The summed E-state index contributed by atoms with van der Waals surface area (Å²) in [7, 11) is 0. The fraction of sp³-hybridized carbons (Fsp3) is 1.00. The molecule has 0 atom stereocenters. The Hall–Kier alpha value is -0.290. The summed E-state index contributed by atoms with van der Waals surface area (Å²) >= 11 is 0. The molecule has 0 spiro atoms. The topological polar surface area (TPSA) is 29.1 Å². The first kappa shape index (κ1) is 7.71. The summed E-state index contributed by atoms with van der Waals surface area (Å²) < 4.78 is 36.5. The molecule has 0 heterocycles. The van der Waals surface area contributed by atoms with Crippen molar-refractivity contribution in [3.63, 3.8) is 0 Å². The molecule has 0 rings (SSSR count). The van der Waals surface area contributed by atoms with E-state index < -0.39 is 19.6 Å². The lowest BCUT2D eigenvalue weighted by molar-refractivity contribution is -0.196. The van der Waals surface area contributed by atoms with E-state index in [0.29, 0.717) is 0 Å². The fourth-order valence-corrected chi connectivity index (χ4v) is 0.157. The van der Waals surface area contributed by atoms with Gasteiger partial charge in [0.05, 0.1) is 0 Å². The molecule has 0 saturated carbocycles. The van der Waals surface area contributed by atoms with Crippen molar-refractivity contribution < 1.29 is 23.0 Å². The number of alkyl halides is 3. The first-order valence-corrected chi connectivity index (χ1v) is 1.79. The molecular formula is C3H4F3O2. The van der Waals surface area contributed by atoms with Crippen molar-refractivity contribution >= 4 is 0 Å². The second-order valence-electron chi connectivity index (χ2n) is 1.08. The minimum atomic E-state index is -4.37. The van der Waals surface area contributed by atoms with E-state index in [1.54, 1.807) is 0 Å². The Morgan fingerprint density at radius 2 is 1.88 bits per heavy atom. The number of hydrogen-bond acceptors (Lipinski definition) is 1. The van der Waals surface area contributed by atoms with Crippen LogP contribution in [-0.4, -0.2) is 19.6 Å². The van der Waals surface area contributed by atoms with Gasteiger partial charge in [-0.1, -0.05) is 0 Å². The Morgan fingerprint density at radius 1 is 1.38 bits per heavy atom. The zero-order valence-electron chi connectivity index (χ0n) is 3.86. The van der Waals surface area contributed by atoms with Gasteiger partial charge >= 0.3 is 6.18 Å². The second-order valence-corrected chi connectivity index (χ2v) is 1.08. The van der Waals surface area contributed by atoms with Gasteiger partial charge in [-0.05, 0) is 0 Å². The number of ether oxygens (including phenoxy) is 1. The van der Waals surface area contributed by atoms with Gasteiger partial charge in [-0.15, -0.1) is 0 Å². The third-order valence-electron chi connectivity index (χ3n) is 0.349. The maximum atomic E-state index is 11.0. The molecule has 0 saturated heterocycles. The summed E-state index contributed by atoms with van der Waals surface area (Å²) in [6, 6.07) is 0. The van der Waals surface area contributed by atoms with Crippen molar-refractivity contribution in [2.75, 3.05) is 13.4 Å². The molecule has 0 N–H and O–H groups in total. The van der Waals surface area contributed by atoms with Gasteiger partial charge in [0.25, 0.3) is 0 Å². The van der Waals surface area contributed by atoms with E-state index in [9.17, 15) is 18.3 Å². The summed E-state index contributed by atoms with van der Waals surface area (Å²) in [6.45, 7) is -2.59. The molecule has 1 radical (unpaired) electrons. The van der Waals surface area contributed by atoms with Crippen LogP contribution in [0.5, 0.6) is 0 Å². The SMILES string of the molecule is [O]COCC(F)(F)F. The van der Waals surface area contributed by atoms with Crippen molar-refractivity contribution in [3.05, 3.63) is 0 Å². The fourth-order valence-electron chi connectivity index (χ4n) is 0.157. The maximum Gasteiger partial charge on any atom is 0.411 e. The van der Waals surface area contributed by atoms with Gasteiger partial charge in [0.1, 0.15) is 6.61 Å². The zero-order chi connectivity index (χ0) is 6.62. The first-order valence-electron chi connectivity index (χ1n) is 1.79. The lowest BCUT2D eigenvalue weighted by Crippen LogP contribution is -2.16. The second kappa shape index (κ2) is 2.88. The van der Waals surface area contributed by atoms with Crippen molar-refractivity contribution in [1.29, 1.82) is 0 Å². The van der Waals surface area contributed by atoms with Crippen molar-refractivity contribution in [2.45, 2.75) is 6.18 Å². The molecule has 0 aliphatic carbocycles. The van der Waals surface area contributed by atoms with Gasteiger partial charge < -0.3 is 4.74 Å². The normalized spacial score (nSPS) is 12.0. The van der Waals surface area contributed by atoms with E-state index in [4.69, 9.17) is 0 Å². The molecule has 2 nitrogen and oxygen atoms in total. The average Bonchev–Trinajstić information content (AvgIpc) is 1.59. The smallest absolute Gasteiger partial charge is 0.343 e. The summed E-state index contributed by atoms with van der Waals surface area (Å²) in [5, 5.41) is 9.25. The molecule has 0 aliphatic heterocycles. The summed E-state index contributed by atoms with van der Waals surface area (Å²) in [4.78, 5) is 0. The highest BCUT2D eigenvalue weighted by molar-refractivity contribution is 4.42. The molecule has 8 heavy (non-hydrogen) atoms. The predicted octanol–water partition coefficient (Wildman–Crippen LogP) is 0.953. The van der Waals surface area contributed by atoms with Gasteiger partial charge in [0, 0.05) is 0 Å². The molecule has 0 aromatic carbocycles. The summed E-state index contributed by atoms with van der Waals surface area (Å²) in [5.74, 6) is 0. The molecule has 5 heteroatoms. The van der Waals surface area contributed by atoms with Crippen molar-refractivity contribution in [1.82, 2.24) is 0 Å². The highest BCUT2D eigenvalue weighted by Gasteiger charge is 2.27. The van der Waals surface area contributed by atoms with Crippen LogP contribution in [0.25, 0.3) is 0 Å². The lowest BCUT2D eigenvalue weighted by atomic mass is 10.7. The van der Waals surface area contributed by atoms with Crippen LogP contribution in [0.3, 0.4) is 0 Å². The standard InChI is InChI=1S/C3H4F3O2/c4-3(5,6)1-8-2-7/h1-2H2. The first-order chi connectivity index (χ1) is 3.56. The minimum Gasteiger partial charge on any atom is -0.343 e. The van der Waals surface area contributed by atoms with Crippen molar-refractivity contribution in [3.8, 4) is 0 Å². The van der Waals surface area contributed by atoms with E-state index >= 15 is 0 Å². The van der Waals surface area contributed by atoms with E-state index in [1.165, 1.54) is 0 Å². The van der Waals surface area contributed by atoms with Crippen LogP contribution in [0.2, 0.25) is 0 Å². The van der Waals surface area contributed by atoms with Gasteiger partial charge in [0.2, 0.25) is 0 Å². The Kier molecular flexibility index (Phi) is 2.78. The van der Waals surface area contributed by atoms with Crippen LogP contribution in [0.4, 0.5) is 13.2 Å². The lowest BCUT2D eigenvalue weighted by Gasteiger charge is -2.02. The van der Waals surface area contributed by atoms with Crippen LogP contribution >= 0.6 is 0 Å². The Labute approximate surface area is 43.9 Å². The van der Waals surface area contributed by atoms with Crippen LogP contribution < -0.4 is 0 Å². The molecule has 0 unspecified atom stereocenters. The van der Waals surface area contributed by atoms with Crippen molar-refractivity contribution in [2.24, 2.45) is 0 Å².